The van der Waals surface area contributed by atoms with E-state index in [1.165, 1.54) is 5.56 Å². The molecule has 0 unspecified atom stereocenters. The van der Waals surface area contributed by atoms with Gasteiger partial charge in [-0.3, -0.25) is 4.98 Å². The summed E-state index contributed by atoms with van der Waals surface area (Å²) in [7, 11) is 0. The SMILES string of the molecule is C/C(C[C@](c1ccc(Br)cc1)(c1ccccn1)c1ccccc1C)=N/O. The van der Waals surface area contributed by atoms with Crippen molar-refractivity contribution < 1.29 is 5.21 Å². The molecule has 3 nitrogen and oxygen atoms in total. The summed E-state index contributed by atoms with van der Waals surface area (Å²) >= 11 is 3.52. The number of aryl methyl sites for hydroxylation is 1. The molecule has 26 heavy (non-hydrogen) atoms. The highest BCUT2D eigenvalue weighted by Gasteiger charge is 2.39. The van der Waals surface area contributed by atoms with E-state index in [2.05, 4.69) is 52.3 Å². The molecule has 0 radical (unpaired) electrons. The van der Waals surface area contributed by atoms with Gasteiger partial charge in [0, 0.05) is 17.1 Å². The first kappa shape index (κ1) is 18.3. The number of halogens is 1. The van der Waals surface area contributed by atoms with Crippen LogP contribution < -0.4 is 0 Å². The molecule has 0 bridgehead atoms. The van der Waals surface area contributed by atoms with Gasteiger partial charge < -0.3 is 5.21 Å². The molecule has 2 aromatic carbocycles. The number of hydrogen-bond acceptors (Lipinski definition) is 3. The highest BCUT2D eigenvalue weighted by molar-refractivity contribution is 9.10. The van der Waals surface area contributed by atoms with Crippen molar-refractivity contribution in [3.8, 4) is 0 Å². The largest absolute Gasteiger partial charge is 0.411 e. The maximum absolute atomic E-state index is 9.41. The Bertz CT molecular complexity index is 907. The summed E-state index contributed by atoms with van der Waals surface area (Å²) in [6.07, 6.45) is 2.35. The Hall–Kier alpha value is -2.46. The molecule has 0 spiro atoms. The monoisotopic (exact) mass is 408 g/mol. The molecule has 0 saturated heterocycles. The normalized spacial score (nSPS) is 14.0. The zero-order valence-corrected chi connectivity index (χ0v) is 16.4. The first-order chi connectivity index (χ1) is 12.6. The van der Waals surface area contributed by atoms with E-state index in [1.807, 2.05) is 55.6 Å². The lowest BCUT2D eigenvalue weighted by atomic mass is 9.67. The molecule has 0 amide bonds. The van der Waals surface area contributed by atoms with Gasteiger partial charge in [-0.15, -0.1) is 0 Å². The highest BCUT2D eigenvalue weighted by Crippen LogP contribution is 2.43. The zero-order valence-electron chi connectivity index (χ0n) is 14.9. The number of benzene rings is 2. The fourth-order valence-corrected chi connectivity index (χ4v) is 3.81. The zero-order chi connectivity index (χ0) is 18.6. The maximum Gasteiger partial charge on any atom is 0.0679 e. The molecule has 1 aromatic heterocycles. The van der Waals surface area contributed by atoms with Crippen LogP contribution in [0.2, 0.25) is 0 Å². The van der Waals surface area contributed by atoms with Crippen molar-refractivity contribution >= 4 is 21.6 Å². The van der Waals surface area contributed by atoms with Gasteiger partial charge >= 0.3 is 0 Å². The summed E-state index contributed by atoms with van der Waals surface area (Å²) < 4.78 is 1.02. The van der Waals surface area contributed by atoms with Crippen molar-refractivity contribution in [3.63, 3.8) is 0 Å². The lowest BCUT2D eigenvalue weighted by Gasteiger charge is -2.36. The summed E-state index contributed by atoms with van der Waals surface area (Å²) in [4.78, 5) is 4.71. The summed E-state index contributed by atoms with van der Waals surface area (Å²) in [5.41, 5.74) is 4.48. The van der Waals surface area contributed by atoms with Crippen molar-refractivity contribution in [2.45, 2.75) is 25.7 Å². The van der Waals surface area contributed by atoms with Gasteiger partial charge in [-0.25, -0.2) is 0 Å². The Morgan fingerprint density at radius 3 is 2.35 bits per heavy atom. The Kier molecular flexibility index (Phi) is 5.52. The fraction of sp³-hybridized carbons (Fsp3) is 0.182. The third-order valence-corrected chi connectivity index (χ3v) is 5.26. The van der Waals surface area contributed by atoms with E-state index in [4.69, 9.17) is 4.98 Å². The van der Waals surface area contributed by atoms with Crippen LogP contribution in [0, 0.1) is 6.92 Å². The van der Waals surface area contributed by atoms with Gasteiger partial charge in [0.25, 0.3) is 0 Å². The number of rotatable bonds is 5. The molecule has 0 aliphatic rings. The van der Waals surface area contributed by atoms with Crippen LogP contribution in [0.5, 0.6) is 0 Å². The van der Waals surface area contributed by atoms with Crippen molar-refractivity contribution in [2.24, 2.45) is 5.16 Å². The molecule has 0 saturated carbocycles. The Labute approximate surface area is 162 Å². The first-order valence-electron chi connectivity index (χ1n) is 8.49. The van der Waals surface area contributed by atoms with E-state index < -0.39 is 5.41 Å². The second kappa shape index (κ2) is 7.83. The quantitative estimate of drug-likeness (QED) is 0.333. The van der Waals surface area contributed by atoms with Crippen LogP contribution in [0.3, 0.4) is 0 Å². The van der Waals surface area contributed by atoms with Crippen LogP contribution in [0.25, 0.3) is 0 Å². The van der Waals surface area contributed by atoms with Crippen molar-refractivity contribution in [3.05, 3.63) is 99.8 Å². The molecular weight excluding hydrogens is 388 g/mol. The van der Waals surface area contributed by atoms with Crippen LogP contribution >= 0.6 is 15.9 Å². The average Bonchev–Trinajstić information content (AvgIpc) is 2.68. The molecule has 4 heteroatoms. The predicted molar refractivity (Wildman–Crippen MR) is 109 cm³/mol. The number of hydrogen-bond donors (Lipinski definition) is 1. The molecule has 132 valence electrons. The minimum atomic E-state index is -0.538. The Morgan fingerprint density at radius 1 is 1.04 bits per heavy atom. The average molecular weight is 409 g/mol. The van der Waals surface area contributed by atoms with Crippen LogP contribution in [0.15, 0.2) is 82.6 Å². The van der Waals surface area contributed by atoms with Crippen LogP contribution in [0.4, 0.5) is 0 Å². The molecule has 0 fully saturated rings. The summed E-state index contributed by atoms with van der Waals surface area (Å²) in [6, 6.07) is 22.6. The van der Waals surface area contributed by atoms with E-state index in [0.29, 0.717) is 12.1 Å². The van der Waals surface area contributed by atoms with Crippen LogP contribution in [-0.4, -0.2) is 15.9 Å². The van der Waals surface area contributed by atoms with E-state index >= 15 is 0 Å². The highest BCUT2D eigenvalue weighted by atomic mass is 79.9. The summed E-state index contributed by atoms with van der Waals surface area (Å²) in [5.74, 6) is 0. The molecule has 1 atom stereocenters. The predicted octanol–water partition coefficient (Wildman–Crippen LogP) is 5.73. The van der Waals surface area contributed by atoms with E-state index in [-0.39, 0.29) is 0 Å². The molecule has 0 aliphatic carbocycles. The van der Waals surface area contributed by atoms with Gasteiger partial charge in [0.05, 0.1) is 16.8 Å². The second-order valence-corrected chi connectivity index (χ2v) is 7.37. The fourth-order valence-electron chi connectivity index (χ4n) is 3.55. The van der Waals surface area contributed by atoms with Crippen LogP contribution in [0.1, 0.15) is 35.7 Å². The molecule has 3 aromatic rings. The van der Waals surface area contributed by atoms with E-state index in [0.717, 1.165) is 21.3 Å². The van der Waals surface area contributed by atoms with Gasteiger partial charge in [-0.1, -0.05) is 63.6 Å². The smallest absolute Gasteiger partial charge is 0.0679 e. The van der Waals surface area contributed by atoms with Crippen LogP contribution in [-0.2, 0) is 5.41 Å². The summed E-state index contributed by atoms with van der Waals surface area (Å²) in [6.45, 7) is 3.95. The van der Waals surface area contributed by atoms with Crippen molar-refractivity contribution in [2.75, 3.05) is 0 Å². The standard InChI is InChI=1S/C22H21BrN2O/c1-16-7-3-4-8-20(16)22(15-17(2)25-26,21-9-5-6-14-24-21)18-10-12-19(23)13-11-18/h3-14,26H,15H2,1-2H3/b25-17-/t22-/m1/s1. The minimum Gasteiger partial charge on any atom is -0.411 e. The number of aromatic nitrogens is 1. The van der Waals surface area contributed by atoms with Gasteiger partial charge in [-0.05, 0) is 54.8 Å². The lowest BCUT2D eigenvalue weighted by molar-refractivity contribution is 0.316. The molecule has 3 rings (SSSR count). The number of nitrogens with zero attached hydrogens (tertiary/aromatic N) is 2. The van der Waals surface area contributed by atoms with Gasteiger partial charge in [-0.2, -0.15) is 0 Å². The third-order valence-electron chi connectivity index (χ3n) is 4.74. The van der Waals surface area contributed by atoms with Crippen molar-refractivity contribution in [1.82, 2.24) is 4.98 Å². The Balaban J connectivity index is 2.38. The van der Waals surface area contributed by atoms with Gasteiger partial charge in [0.1, 0.15) is 0 Å². The molecular formula is C22H21BrN2O. The Morgan fingerprint density at radius 2 is 1.73 bits per heavy atom. The van der Waals surface area contributed by atoms with E-state index in [9.17, 15) is 5.21 Å². The molecule has 0 aliphatic heterocycles. The maximum atomic E-state index is 9.41. The second-order valence-electron chi connectivity index (χ2n) is 6.45. The summed E-state index contributed by atoms with van der Waals surface area (Å²) in [5, 5.41) is 12.9. The topological polar surface area (TPSA) is 45.5 Å². The lowest BCUT2D eigenvalue weighted by Crippen LogP contribution is -2.33. The first-order valence-corrected chi connectivity index (χ1v) is 9.28. The number of oxime groups is 1. The van der Waals surface area contributed by atoms with Gasteiger partial charge in [0.2, 0.25) is 0 Å². The third kappa shape index (κ3) is 3.42. The van der Waals surface area contributed by atoms with E-state index in [1.54, 1.807) is 0 Å². The van der Waals surface area contributed by atoms with Crippen molar-refractivity contribution in [1.29, 1.82) is 0 Å². The molecule has 1 N–H and O–H groups in total. The van der Waals surface area contributed by atoms with Gasteiger partial charge in [0.15, 0.2) is 0 Å². The number of pyridine rings is 1. The minimum absolute atomic E-state index is 0.535. The molecule has 1 heterocycles.